The van der Waals surface area contributed by atoms with Crippen molar-refractivity contribution in [2.45, 2.75) is 20.4 Å². The number of fused-ring (bicyclic) bond motifs is 1. The Bertz CT molecular complexity index is 1430. The molecule has 1 amide bonds. The van der Waals surface area contributed by atoms with E-state index < -0.39 is 17.2 Å². The van der Waals surface area contributed by atoms with Crippen molar-refractivity contribution in [2.75, 3.05) is 5.32 Å². The molecule has 2 heterocycles. The Labute approximate surface area is 181 Å². The van der Waals surface area contributed by atoms with Crippen LogP contribution in [0.15, 0.2) is 69.6 Å². The fraction of sp³-hybridized carbons (Fsp3) is 0.130. The Morgan fingerprint density at radius 1 is 1.03 bits per heavy atom. The van der Waals surface area contributed by atoms with Gasteiger partial charge in [-0.1, -0.05) is 12.1 Å². The van der Waals surface area contributed by atoms with E-state index in [9.17, 15) is 19.2 Å². The Morgan fingerprint density at radius 3 is 2.45 bits per heavy atom. The molecule has 0 unspecified atom stereocenters. The molecule has 0 fully saturated rings. The number of anilines is 1. The van der Waals surface area contributed by atoms with Gasteiger partial charge in [0.15, 0.2) is 5.78 Å². The first-order valence-corrected chi connectivity index (χ1v) is 10.4. The molecule has 0 spiro atoms. The minimum absolute atomic E-state index is 0.0670. The minimum atomic E-state index is -0.580. The molecule has 7 nitrogen and oxygen atoms in total. The number of hydrogen-bond donors (Lipinski definition) is 1. The number of nitrogens with one attached hydrogen (secondary N) is 1. The summed E-state index contributed by atoms with van der Waals surface area (Å²) >= 11 is 1.23. The number of benzene rings is 2. The van der Waals surface area contributed by atoms with Gasteiger partial charge in [-0.25, -0.2) is 9.36 Å². The van der Waals surface area contributed by atoms with Gasteiger partial charge in [-0.05, 0) is 67.3 Å². The number of ketones is 1. The number of Topliss-reactive ketones (excluding diaryl/α,β-unsaturated/α-hetero) is 1. The summed E-state index contributed by atoms with van der Waals surface area (Å²) in [6.07, 6.45) is 0. The number of aromatic nitrogens is 2. The van der Waals surface area contributed by atoms with E-state index in [1.807, 2.05) is 13.0 Å². The fourth-order valence-electron chi connectivity index (χ4n) is 3.37. The summed E-state index contributed by atoms with van der Waals surface area (Å²) in [5, 5.41) is 4.45. The number of rotatable bonds is 5. The van der Waals surface area contributed by atoms with E-state index in [0.29, 0.717) is 27.2 Å². The zero-order chi connectivity index (χ0) is 22.1. The fourth-order valence-corrected chi connectivity index (χ4v) is 4.19. The third kappa shape index (κ3) is 3.97. The number of carbonyl (C=O) groups excluding carboxylic acids is 2. The van der Waals surface area contributed by atoms with E-state index in [2.05, 4.69) is 5.32 Å². The first-order chi connectivity index (χ1) is 14.8. The van der Waals surface area contributed by atoms with Crippen molar-refractivity contribution in [2.24, 2.45) is 0 Å². The predicted octanol–water partition coefficient (Wildman–Crippen LogP) is 3.36. The Kier molecular flexibility index (Phi) is 5.39. The lowest BCUT2D eigenvalue weighted by atomic mass is 10.1. The monoisotopic (exact) mass is 433 g/mol. The van der Waals surface area contributed by atoms with Crippen LogP contribution in [0.3, 0.4) is 0 Å². The highest BCUT2D eigenvalue weighted by molar-refractivity contribution is 7.17. The van der Waals surface area contributed by atoms with E-state index in [-0.39, 0.29) is 12.3 Å². The molecule has 4 rings (SSSR count). The largest absolute Gasteiger partial charge is 0.336 e. The van der Waals surface area contributed by atoms with E-state index >= 15 is 0 Å². The van der Waals surface area contributed by atoms with Crippen molar-refractivity contribution in [1.29, 1.82) is 0 Å². The molecule has 0 aliphatic carbocycles. The van der Waals surface area contributed by atoms with Gasteiger partial charge in [-0.2, -0.15) is 0 Å². The van der Waals surface area contributed by atoms with Crippen molar-refractivity contribution < 1.29 is 9.59 Å². The molecule has 0 radical (unpaired) electrons. The van der Waals surface area contributed by atoms with E-state index in [1.165, 1.54) is 22.8 Å². The van der Waals surface area contributed by atoms with Gasteiger partial charge in [0.05, 0.1) is 11.2 Å². The molecule has 0 saturated heterocycles. The van der Waals surface area contributed by atoms with Gasteiger partial charge in [-0.15, -0.1) is 11.3 Å². The maximum atomic E-state index is 13.2. The zero-order valence-corrected chi connectivity index (χ0v) is 17.7. The molecule has 0 saturated carbocycles. The smallest absolute Gasteiger partial charge is 0.325 e. The highest BCUT2D eigenvalue weighted by atomic mass is 32.1. The lowest BCUT2D eigenvalue weighted by molar-refractivity contribution is -0.116. The number of aryl methyl sites for hydroxylation is 1. The molecule has 0 aliphatic rings. The maximum Gasteiger partial charge on any atom is 0.336 e. The van der Waals surface area contributed by atoms with Crippen molar-refractivity contribution in [1.82, 2.24) is 9.13 Å². The molecule has 156 valence electrons. The molecule has 31 heavy (non-hydrogen) atoms. The van der Waals surface area contributed by atoms with Crippen molar-refractivity contribution in [3.05, 3.63) is 91.9 Å². The molecular formula is C23H19N3O4S. The third-order valence-corrected chi connectivity index (χ3v) is 5.78. The molecule has 8 heteroatoms. The average molecular weight is 433 g/mol. The van der Waals surface area contributed by atoms with E-state index in [0.717, 1.165) is 10.1 Å². The van der Waals surface area contributed by atoms with Crippen molar-refractivity contribution >= 4 is 38.9 Å². The van der Waals surface area contributed by atoms with Gasteiger partial charge in [-0.3, -0.25) is 19.0 Å². The quantitative estimate of drug-likeness (QED) is 0.489. The van der Waals surface area contributed by atoms with Crippen molar-refractivity contribution in [3.63, 3.8) is 0 Å². The highest BCUT2D eigenvalue weighted by Crippen LogP contribution is 2.17. The second-order valence-corrected chi connectivity index (χ2v) is 8.08. The van der Waals surface area contributed by atoms with E-state index in [1.54, 1.807) is 53.9 Å². The highest BCUT2D eigenvalue weighted by Gasteiger charge is 2.17. The number of thiophene rings is 1. The second-order valence-electron chi connectivity index (χ2n) is 7.16. The number of hydrogen-bond acceptors (Lipinski definition) is 5. The summed E-state index contributed by atoms with van der Waals surface area (Å²) in [4.78, 5) is 50.3. The summed E-state index contributed by atoms with van der Waals surface area (Å²) in [6.45, 7) is 3.09. The van der Waals surface area contributed by atoms with Crippen LogP contribution in [0.2, 0.25) is 0 Å². The maximum absolute atomic E-state index is 13.2. The average Bonchev–Trinajstić information content (AvgIpc) is 3.22. The number of carbonyl (C=O) groups is 2. The van der Waals surface area contributed by atoms with Crippen LogP contribution < -0.4 is 16.6 Å². The second kappa shape index (κ2) is 8.16. The summed E-state index contributed by atoms with van der Waals surface area (Å²) in [6, 6.07) is 15.3. The molecular weight excluding hydrogens is 414 g/mol. The minimum Gasteiger partial charge on any atom is -0.325 e. The van der Waals surface area contributed by atoms with Gasteiger partial charge in [0.1, 0.15) is 11.2 Å². The lowest BCUT2D eigenvalue weighted by Gasteiger charge is -2.13. The molecule has 0 atom stereocenters. The van der Waals surface area contributed by atoms with Crippen molar-refractivity contribution in [3.8, 4) is 5.69 Å². The van der Waals surface area contributed by atoms with Crippen LogP contribution in [0.4, 0.5) is 5.69 Å². The van der Waals surface area contributed by atoms with Gasteiger partial charge in [0.25, 0.3) is 5.56 Å². The van der Waals surface area contributed by atoms with Crippen LogP contribution >= 0.6 is 11.3 Å². The summed E-state index contributed by atoms with van der Waals surface area (Å²) in [5.41, 5.74) is 1.86. The first kappa shape index (κ1) is 20.5. The molecule has 2 aromatic heterocycles. The molecule has 0 bridgehead atoms. The topological polar surface area (TPSA) is 90.2 Å². The SMILES string of the molecule is CC(=O)c1ccc(NC(=O)Cn2c(=O)n(-c3cccc(C)c3)c(=O)c3sccc32)cc1. The van der Waals surface area contributed by atoms with Gasteiger partial charge >= 0.3 is 5.69 Å². The van der Waals surface area contributed by atoms with Crippen LogP contribution in [-0.2, 0) is 11.3 Å². The van der Waals surface area contributed by atoms with Gasteiger partial charge in [0.2, 0.25) is 5.91 Å². The van der Waals surface area contributed by atoms with Crippen LogP contribution in [-0.4, -0.2) is 20.8 Å². The third-order valence-electron chi connectivity index (χ3n) is 4.89. The Hall–Kier alpha value is -3.78. The van der Waals surface area contributed by atoms with E-state index in [4.69, 9.17) is 0 Å². The lowest BCUT2D eigenvalue weighted by Crippen LogP contribution is -2.40. The summed E-state index contributed by atoms with van der Waals surface area (Å²) in [7, 11) is 0. The molecule has 2 aromatic carbocycles. The Balaban J connectivity index is 1.73. The number of amides is 1. The zero-order valence-electron chi connectivity index (χ0n) is 16.9. The molecule has 1 N–H and O–H groups in total. The van der Waals surface area contributed by atoms with Crippen LogP contribution in [0, 0.1) is 6.92 Å². The summed E-state index contributed by atoms with van der Waals surface area (Å²) < 4.78 is 2.80. The molecule has 4 aromatic rings. The standard InChI is InChI=1S/C23H19N3O4S/c1-14-4-3-5-18(12-14)26-22(29)21-19(10-11-31-21)25(23(26)30)13-20(28)24-17-8-6-16(7-9-17)15(2)27/h3-12H,13H2,1-2H3,(H,24,28). The van der Waals surface area contributed by atoms with Crippen LogP contribution in [0.1, 0.15) is 22.8 Å². The van der Waals surface area contributed by atoms with Gasteiger partial charge in [0, 0.05) is 11.3 Å². The molecule has 0 aliphatic heterocycles. The number of nitrogens with zero attached hydrogens (tertiary/aromatic N) is 2. The normalized spacial score (nSPS) is 10.9. The van der Waals surface area contributed by atoms with Gasteiger partial charge < -0.3 is 5.32 Å². The predicted molar refractivity (Wildman–Crippen MR) is 121 cm³/mol. The summed E-state index contributed by atoms with van der Waals surface area (Å²) in [5.74, 6) is -0.484. The van der Waals surface area contributed by atoms with Crippen LogP contribution in [0.25, 0.3) is 15.9 Å². The Morgan fingerprint density at radius 2 is 1.77 bits per heavy atom. The first-order valence-electron chi connectivity index (χ1n) is 9.56. The van der Waals surface area contributed by atoms with Crippen LogP contribution in [0.5, 0.6) is 0 Å².